The molecule has 1 atom stereocenters. The van der Waals surface area contributed by atoms with E-state index in [4.69, 9.17) is 9.47 Å². The molecule has 0 radical (unpaired) electrons. The molecule has 2 aliphatic heterocycles. The zero-order valence-electron chi connectivity index (χ0n) is 19.1. The van der Waals surface area contributed by atoms with Crippen molar-refractivity contribution in [3.63, 3.8) is 0 Å². The van der Waals surface area contributed by atoms with Crippen LogP contribution in [0.4, 0.5) is 0 Å². The van der Waals surface area contributed by atoms with Crippen molar-refractivity contribution in [1.82, 2.24) is 9.80 Å². The van der Waals surface area contributed by atoms with E-state index in [1.54, 1.807) is 17.0 Å². The number of ether oxygens (including phenoxy) is 2. The molecule has 0 saturated carbocycles. The number of aryl methyl sites for hydroxylation is 1. The highest BCUT2D eigenvalue weighted by Crippen LogP contribution is 2.39. The fourth-order valence-corrected chi connectivity index (χ4v) is 4.31. The molecule has 1 N–H and O–H groups in total. The summed E-state index contributed by atoms with van der Waals surface area (Å²) in [6.45, 7) is 8.34. The number of aliphatic hydroxyl groups is 1. The number of hydrogen-bond acceptors (Lipinski definition) is 6. The van der Waals surface area contributed by atoms with Gasteiger partial charge in [0.2, 0.25) is 0 Å². The summed E-state index contributed by atoms with van der Waals surface area (Å²) in [6, 6.07) is 14.0. The first kappa shape index (κ1) is 23.0. The molecule has 7 nitrogen and oxygen atoms in total. The molecular formula is C26H30N2O5. The van der Waals surface area contributed by atoms with Gasteiger partial charge in [-0.3, -0.25) is 14.5 Å². The van der Waals surface area contributed by atoms with Crippen LogP contribution < -0.4 is 4.74 Å². The van der Waals surface area contributed by atoms with Crippen LogP contribution in [0.25, 0.3) is 5.76 Å². The van der Waals surface area contributed by atoms with Crippen molar-refractivity contribution in [2.24, 2.45) is 0 Å². The third-order valence-corrected chi connectivity index (χ3v) is 6.13. The lowest BCUT2D eigenvalue weighted by Crippen LogP contribution is -2.42. The number of nitrogens with zero attached hydrogens (tertiary/aromatic N) is 2. The second kappa shape index (κ2) is 10.2. The smallest absolute Gasteiger partial charge is 0.295 e. The van der Waals surface area contributed by atoms with Crippen molar-refractivity contribution >= 4 is 17.4 Å². The minimum atomic E-state index is -0.664. The zero-order chi connectivity index (χ0) is 23.4. The maximum Gasteiger partial charge on any atom is 0.295 e. The minimum Gasteiger partial charge on any atom is -0.507 e. The monoisotopic (exact) mass is 450 g/mol. The van der Waals surface area contributed by atoms with Crippen LogP contribution >= 0.6 is 0 Å². The fourth-order valence-electron chi connectivity index (χ4n) is 4.31. The van der Waals surface area contributed by atoms with Gasteiger partial charge in [-0.25, -0.2) is 0 Å². The highest BCUT2D eigenvalue weighted by Gasteiger charge is 2.46. The molecule has 0 spiro atoms. The zero-order valence-corrected chi connectivity index (χ0v) is 19.1. The Hall–Kier alpha value is -3.16. The van der Waals surface area contributed by atoms with E-state index in [1.807, 2.05) is 50.2 Å². The molecule has 2 aliphatic rings. The van der Waals surface area contributed by atoms with E-state index < -0.39 is 17.7 Å². The Labute approximate surface area is 194 Å². The Morgan fingerprint density at radius 1 is 1.03 bits per heavy atom. The van der Waals surface area contributed by atoms with E-state index in [2.05, 4.69) is 4.90 Å². The predicted molar refractivity (Wildman–Crippen MR) is 125 cm³/mol. The molecular weight excluding hydrogens is 420 g/mol. The van der Waals surface area contributed by atoms with Crippen LogP contribution in [0, 0.1) is 6.92 Å². The van der Waals surface area contributed by atoms with Crippen LogP contribution in [0.5, 0.6) is 5.75 Å². The van der Waals surface area contributed by atoms with Gasteiger partial charge in [0.05, 0.1) is 31.4 Å². The molecule has 2 saturated heterocycles. The molecule has 0 aliphatic carbocycles. The van der Waals surface area contributed by atoms with Crippen LogP contribution in [0.2, 0.25) is 0 Å². The van der Waals surface area contributed by atoms with Crippen molar-refractivity contribution in [1.29, 1.82) is 0 Å². The van der Waals surface area contributed by atoms with Crippen molar-refractivity contribution in [3.05, 3.63) is 70.8 Å². The number of amides is 1. The van der Waals surface area contributed by atoms with E-state index in [0.29, 0.717) is 44.2 Å². The number of rotatable bonds is 7. The Morgan fingerprint density at radius 2 is 1.70 bits per heavy atom. The molecule has 2 fully saturated rings. The normalized spacial score (nSPS) is 20.9. The topological polar surface area (TPSA) is 79.3 Å². The van der Waals surface area contributed by atoms with Gasteiger partial charge in [0.15, 0.2) is 0 Å². The number of aliphatic hydroxyl groups excluding tert-OH is 1. The second-order valence-electron chi connectivity index (χ2n) is 8.31. The summed E-state index contributed by atoms with van der Waals surface area (Å²) in [4.78, 5) is 30.0. The number of ketones is 1. The van der Waals surface area contributed by atoms with Crippen LogP contribution in [-0.2, 0) is 14.3 Å². The number of carbonyl (C=O) groups excluding carboxylic acids is 2. The van der Waals surface area contributed by atoms with E-state index in [-0.39, 0.29) is 11.3 Å². The summed E-state index contributed by atoms with van der Waals surface area (Å²) >= 11 is 0. The number of hydrogen-bond donors (Lipinski definition) is 1. The van der Waals surface area contributed by atoms with Crippen molar-refractivity contribution in [2.75, 3.05) is 46.0 Å². The lowest BCUT2D eigenvalue weighted by Gasteiger charge is -2.31. The maximum atomic E-state index is 13.1. The van der Waals surface area contributed by atoms with Gasteiger partial charge in [0.25, 0.3) is 11.7 Å². The largest absolute Gasteiger partial charge is 0.507 e. The van der Waals surface area contributed by atoms with E-state index in [1.165, 1.54) is 0 Å². The molecule has 33 heavy (non-hydrogen) atoms. The Kier molecular flexibility index (Phi) is 7.11. The Morgan fingerprint density at radius 3 is 2.33 bits per heavy atom. The van der Waals surface area contributed by atoms with E-state index >= 15 is 0 Å². The summed E-state index contributed by atoms with van der Waals surface area (Å²) in [5.74, 6) is -0.684. The van der Waals surface area contributed by atoms with Gasteiger partial charge in [-0.2, -0.15) is 0 Å². The molecule has 7 heteroatoms. The number of likely N-dealkylation sites (tertiary alicyclic amines) is 1. The lowest BCUT2D eigenvalue weighted by molar-refractivity contribution is -0.140. The highest BCUT2D eigenvalue weighted by atomic mass is 16.5. The maximum absolute atomic E-state index is 13.1. The summed E-state index contributed by atoms with van der Waals surface area (Å²) in [6.07, 6.45) is 0. The number of benzene rings is 2. The molecule has 0 bridgehead atoms. The fraction of sp³-hybridized carbons (Fsp3) is 0.385. The third kappa shape index (κ3) is 4.94. The van der Waals surface area contributed by atoms with Gasteiger partial charge >= 0.3 is 0 Å². The van der Waals surface area contributed by atoms with Crippen molar-refractivity contribution in [2.45, 2.75) is 19.9 Å². The summed E-state index contributed by atoms with van der Waals surface area (Å²) < 4.78 is 11.0. The van der Waals surface area contributed by atoms with Gasteiger partial charge in [-0.1, -0.05) is 42.0 Å². The van der Waals surface area contributed by atoms with Crippen LogP contribution in [-0.4, -0.2) is 72.6 Å². The van der Waals surface area contributed by atoms with E-state index in [0.717, 1.165) is 24.2 Å². The molecule has 2 aromatic rings. The molecule has 0 aromatic heterocycles. The van der Waals surface area contributed by atoms with Crippen LogP contribution in [0.1, 0.15) is 29.7 Å². The predicted octanol–water partition coefficient (Wildman–Crippen LogP) is 3.15. The van der Waals surface area contributed by atoms with Gasteiger partial charge in [0, 0.05) is 31.7 Å². The average Bonchev–Trinajstić information content (AvgIpc) is 3.09. The number of carbonyl (C=O) groups is 2. The lowest BCUT2D eigenvalue weighted by atomic mass is 9.95. The van der Waals surface area contributed by atoms with Crippen molar-refractivity contribution < 1.29 is 24.2 Å². The SMILES string of the molecule is CCOc1ccc(C2/C(=C(\O)c3ccc(C)cc3)C(=O)C(=O)N2CCN2CCOCC2)cc1. The number of morpholine rings is 1. The third-order valence-electron chi connectivity index (χ3n) is 6.13. The van der Waals surface area contributed by atoms with Gasteiger partial charge in [0.1, 0.15) is 11.5 Å². The summed E-state index contributed by atoms with van der Waals surface area (Å²) in [5.41, 5.74) is 2.44. The quantitative estimate of drug-likeness (QED) is 0.397. The first-order valence-corrected chi connectivity index (χ1v) is 11.4. The minimum absolute atomic E-state index is 0.120. The second-order valence-corrected chi connectivity index (χ2v) is 8.31. The molecule has 2 heterocycles. The Balaban J connectivity index is 1.71. The van der Waals surface area contributed by atoms with Gasteiger partial charge in [-0.05, 0) is 31.5 Å². The molecule has 174 valence electrons. The van der Waals surface area contributed by atoms with Gasteiger partial charge in [-0.15, -0.1) is 0 Å². The summed E-state index contributed by atoms with van der Waals surface area (Å²) in [5, 5.41) is 11.1. The van der Waals surface area contributed by atoms with Crippen LogP contribution in [0.3, 0.4) is 0 Å². The Bertz CT molecular complexity index is 1020. The number of Topliss-reactive ketones (excluding diaryl/α,β-unsaturated/α-hetero) is 1. The first-order chi connectivity index (χ1) is 16.0. The highest BCUT2D eigenvalue weighted by molar-refractivity contribution is 6.46. The standard InChI is InChI=1S/C26H30N2O5/c1-3-33-21-10-8-19(9-11-21)23-22(24(29)20-6-4-18(2)5-7-20)25(30)26(31)28(23)13-12-27-14-16-32-17-15-27/h4-11,23,29H,3,12-17H2,1-2H3/b24-22+. The summed E-state index contributed by atoms with van der Waals surface area (Å²) in [7, 11) is 0. The van der Waals surface area contributed by atoms with Gasteiger partial charge < -0.3 is 19.5 Å². The molecule has 4 rings (SSSR count). The molecule has 1 unspecified atom stereocenters. The van der Waals surface area contributed by atoms with Crippen molar-refractivity contribution in [3.8, 4) is 5.75 Å². The first-order valence-electron chi connectivity index (χ1n) is 11.4. The molecule has 2 aromatic carbocycles. The van der Waals surface area contributed by atoms with E-state index in [9.17, 15) is 14.7 Å². The average molecular weight is 451 g/mol. The molecule has 1 amide bonds. The van der Waals surface area contributed by atoms with Crippen LogP contribution in [0.15, 0.2) is 54.1 Å².